The summed E-state index contributed by atoms with van der Waals surface area (Å²) in [6.45, 7) is 0. The van der Waals surface area contributed by atoms with E-state index in [0.717, 1.165) is 25.3 Å². The molecule has 20 heavy (non-hydrogen) atoms. The Morgan fingerprint density at radius 1 is 1.25 bits per heavy atom. The lowest BCUT2D eigenvalue weighted by Crippen LogP contribution is -2.23. The Hall–Kier alpha value is -1.72. The van der Waals surface area contributed by atoms with Gasteiger partial charge in [-0.05, 0) is 6.07 Å². The predicted octanol–water partition coefficient (Wildman–Crippen LogP) is -0.334. The number of nitrogens with two attached hydrogens (primary N) is 1. The van der Waals surface area contributed by atoms with Crippen LogP contribution in [0.3, 0.4) is 0 Å². The Bertz CT molecular complexity index is 725. The van der Waals surface area contributed by atoms with E-state index in [9.17, 15) is 26.9 Å². The zero-order valence-corrected chi connectivity index (χ0v) is 12.0. The first-order valence-electron chi connectivity index (χ1n) is 5.12. The third-order valence-electron chi connectivity index (χ3n) is 2.34. The van der Waals surface area contributed by atoms with E-state index < -0.39 is 42.0 Å². The highest BCUT2D eigenvalue weighted by atomic mass is 32.2. The topological polar surface area (TPSA) is 147 Å². The molecule has 0 saturated heterocycles. The number of benzene rings is 1. The van der Waals surface area contributed by atoms with E-state index in [0.29, 0.717) is 0 Å². The number of nitrogens with zero attached hydrogens (tertiary/aromatic N) is 1. The minimum absolute atomic E-state index is 0.230. The van der Waals surface area contributed by atoms with Gasteiger partial charge in [0.1, 0.15) is 0 Å². The van der Waals surface area contributed by atoms with Gasteiger partial charge in [-0.15, -0.1) is 0 Å². The summed E-state index contributed by atoms with van der Waals surface area (Å²) in [5.41, 5.74) is -0.391. The van der Waals surface area contributed by atoms with Crippen LogP contribution in [-0.2, 0) is 19.9 Å². The normalized spacial score (nSPS) is 12.1. The van der Waals surface area contributed by atoms with E-state index in [2.05, 4.69) is 0 Å². The standard InChI is InChI=1S/C9H12N2O7S2/c1-18-9-6-7(2-3-8(9)11(12)13)19(14,15)4-5-20(10,16)17/h2-3,6H,4-5H2,1H3,(H2,10,16,17). The molecule has 1 aromatic rings. The smallest absolute Gasteiger partial charge is 0.310 e. The fourth-order valence-electron chi connectivity index (χ4n) is 1.35. The van der Waals surface area contributed by atoms with E-state index in [1.165, 1.54) is 0 Å². The lowest BCUT2D eigenvalue weighted by atomic mass is 10.3. The van der Waals surface area contributed by atoms with Gasteiger partial charge in [-0.2, -0.15) is 0 Å². The molecule has 0 heterocycles. The summed E-state index contributed by atoms with van der Waals surface area (Å²) in [6.07, 6.45) is 0. The van der Waals surface area contributed by atoms with Gasteiger partial charge in [-0.3, -0.25) is 10.1 Å². The molecule has 0 radical (unpaired) electrons. The summed E-state index contributed by atoms with van der Waals surface area (Å²) in [5.74, 6) is -1.69. The van der Waals surface area contributed by atoms with Gasteiger partial charge in [0.15, 0.2) is 15.6 Å². The summed E-state index contributed by atoms with van der Waals surface area (Å²) in [5, 5.41) is 15.4. The lowest BCUT2D eigenvalue weighted by Gasteiger charge is -2.06. The number of sulfone groups is 1. The van der Waals surface area contributed by atoms with E-state index in [-0.39, 0.29) is 10.6 Å². The summed E-state index contributed by atoms with van der Waals surface area (Å²) in [7, 11) is -6.70. The molecule has 0 fully saturated rings. The molecule has 0 aliphatic heterocycles. The largest absolute Gasteiger partial charge is 0.490 e. The van der Waals surface area contributed by atoms with Crippen LogP contribution in [0.4, 0.5) is 5.69 Å². The highest BCUT2D eigenvalue weighted by molar-refractivity contribution is 7.94. The summed E-state index contributed by atoms with van der Waals surface area (Å²) in [6, 6.07) is 2.96. The average Bonchev–Trinajstić information content (AvgIpc) is 2.34. The first kappa shape index (κ1) is 16.3. The fraction of sp³-hybridized carbons (Fsp3) is 0.333. The number of ether oxygens (including phenoxy) is 1. The maximum absolute atomic E-state index is 11.9. The number of methoxy groups -OCH3 is 1. The maximum atomic E-state index is 11.9. The number of sulfonamides is 1. The van der Waals surface area contributed by atoms with E-state index >= 15 is 0 Å². The zero-order chi connectivity index (χ0) is 15.6. The molecule has 1 rings (SSSR count). The maximum Gasteiger partial charge on any atom is 0.310 e. The van der Waals surface area contributed by atoms with Gasteiger partial charge < -0.3 is 4.74 Å². The molecule has 0 amide bonds. The van der Waals surface area contributed by atoms with Crippen molar-refractivity contribution in [1.29, 1.82) is 0 Å². The van der Waals surface area contributed by atoms with Crippen LogP contribution in [0.5, 0.6) is 5.75 Å². The van der Waals surface area contributed by atoms with Crippen LogP contribution in [0.15, 0.2) is 23.1 Å². The quantitative estimate of drug-likeness (QED) is 0.556. The molecular formula is C9H12N2O7S2. The van der Waals surface area contributed by atoms with Crippen LogP contribution < -0.4 is 9.88 Å². The molecule has 0 atom stereocenters. The Morgan fingerprint density at radius 3 is 2.30 bits per heavy atom. The highest BCUT2D eigenvalue weighted by Gasteiger charge is 2.22. The van der Waals surface area contributed by atoms with Crippen LogP contribution >= 0.6 is 0 Å². The molecule has 1 aromatic carbocycles. The first-order valence-corrected chi connectivity index (χ1v) is 8.49. The van der Waals surface area contributed by atoms with Crippen molar-refractivity contribution >= 4 is 25.5 Å². The van der Waals surface area contributed by atoms with Crippen molar-refractivity contribution in [2.75, 3.05) is 18.6 Å². The van der Waals surface area contributed by atoms with Crippen LogP contribution in [0, 0.1) is 10.1 Å². The van der Waals surface area contributed by atoms with E-state index in [1.54, 1.807) is 0 Å². The molecule has 0 aliphatic rings. The van der Waals surface area contributed by atoms with Crippen molar-refractivity contribution in [2.24, 2.45) is 5.14 Å². The number of primary sulfonamides is 1. The van der Waals surface area contributed by atoms with Crippen LogP contribution in [0.1, 0.15) is 0 Å². The number of hydrogen-bond donors (Lipinski definition) is 1. The van der Waals surface area contributed by atoms with Crippen molar-refractivity contribution in [2.45, 2.75) is 4.90 Å². The van der Waals surface area contributed by atoms with Crippen molar-refractivity contribution < 1.29 is 26.5 Å². The Labute approximate surface area is 115 Å². The van der Waals surface area contributed by atoms with Crippen molar-refractivity contribution in [1.82, 2.24) is 0 Å². The van der Waals surface area contributed by atoms with E-state index in [4.69, 9.17) is 9.88 Å². The molecule has 0 aliphatic carbocycles. The molecule has 2 N–H and O–H groups in total. The van der Waals surface area contributed by atoms with Gasteiger partial charge in [0.25, 0.3) is 0 Å². The van der Waals surface area contributed by atoms with Crippen LogP contribution in [-0.4, -0.2) is 40.4 Å². The average molecular weight is 324 g/mol. The number of nitro groups is 1. The first-order chi connectivity index (χ1) is 9.07. The molecule has 0 saturated carbocycles. The molecular weight excluding hydrogens is 312 g/mol. The second-order valence-electron chi connectivity index (χ2n) is 3.78. The molecule has 0 spiro atoms. The second kappa shape index (κ2) is 5.73. The summed E-state index contributed by atoms with van der Waals surface area (Å²) < 4.78 is 50.1. The Balaban J connectivity index is 3.17. The van der Waals surface area contributed by atoms with Gasteiger partial charge >= 0.3 is 5.69 Å². The minimum atomic E-state index is -3.93. The lowest BCUT2D eigenvalue weighted by molar-refractivity contribution is -0.385. The van der Waals surface area contributed by atoms with Crippen molar-refractivity contribution in [3.8, 4) is 5.75 Å². The highest BCUT2D eigenvalue weighted by Crippen LogP contribution is 2.29. The summed E-state index contributed by atoms with van der Waals surface area (Å²) in [4.78, 5) is 9.68. The van der Waals surface area contributed by atoms with Gasteiger partial charge in [-0.25, -0.2) is 22.0 Å². The third-order valence-corrected chi connectivity index (χ3v) is 5.09. The number of hydrogen-bond acceptors (Lipinski definition) is 7. The van der Waals surface area contributed by atoms with Gasteiger partial charge in [0, 0.05) is 12.1 Å². The summed E-state index contributed by atoms with van der Waals surface area (Å²) >= 11 is 0. The van der Waals surface area contributed by atoms with Crippen molar-refractivity contribution in [3.63, 3.8) is 0 Å². The molecule has 0 unspecified atom stereocenters. The van der Waals surface area contributed by atoms with Gasteiger partial charge in [0.05, 0.1) is 28.4 Å². The number of nitro benzene ring substituents is 1. The second-order valence-corrected chi connectivity index (χ2v) is 7.62. The number of rotatable bonds is 6. The Kier molecular flexibility index (Phi) is 4.68. The molecule has 112 valence electrons. The third kappa shape index (κ3) is 4.15. The zero-order valence-electron chi connectivity index (χ0n) is 10.3. The van der Waals surface area contributed by atoms with Gasteiger partial charge in [-0.1, -0.05) is 0 Å². The van der Waals surface area contributed by atoms with Crippen molar-refractivity contribution in [3.05, 3.63) is 28.3 Å². The molecule has 11 heteroatoms. The molecule has 0 aromatic heterocycles. The van der Waals surface area contributed by atoms with Crippen LogP contribution in [0.25, 0.3) is 0 Å². The van der Waals surface area contributed by atoms with E-state index in [1.807, 2.05) is 0 Å². The monoisotopic (exact) mass is 324 g/mol. The Morgan fingerprint density at radius 2 is 1.85 bits per heavy atom. The fourth-order valence-corrected chi connectivity index (χ4v) is 3.95. The minimum Gasteiger partial charge on any atom is -0.490 e. The van der Waals surface area contributed by atoms with Gasteiger partial charge in [0.2, 0.25) is 10.0 Å². The molecule has 9 nitrogen and oxygen atoms in total. The predicted molar refractivity (Wildman–Crippen MR) is 69.7 cm³/mol. The SMILES string of the molecule is COc1cc(S(=O)(=O)CCS(N)(=O)=O)ccc1[N+](=O)[O-]. The van der Waals surface area contributed by atoms with Crippen LogP contribution in [0.2, 0.25) is 0 Å². The molecule has 0 bridgehead atoms.